The second-order valence-corrected chi connectivity index (χ2v) is 9.58. The van der Waals surface area contributed by atoms with E-state index in [9.17, 15) is 29.1 Å². The van der Waals surface area contributed by atoms with Crippen molar-refractivity contribution in [2.45, 2.75) is 76.5 Å². The molecule has 222 valence electrons. The van der Waals surface area contributed by atoms with Crippen LogP contribution in [0.2, 0.25) is 0 Å². The van der Waals surface area contributed by atoms with Gasteiger partial charge in [-0.3, -0.25) is 24.2 Å². The molecule has 0 bridgehead atoms. The molecule has 1 aromatic rings. The summed E-state index contributed by atoms with van der Waals surface area (Å²) in [5.74, 6) is -4.60. The van der Waals surface area contributed by atoms with Crippen molar-refractivity contribution >= 4 is 35.6 Å². The van der Waals surface area contributed by atoms with Gasteiger partial charge in [-0.1, -0.05) is 50.6 Å². The quantitative estimate of drug-likeness (QED) is 0.0585. The monoisotopic (exact) mass is 562 g/mol. The minimum atomic E-state index is -1.29. The Kier molecular flexibility index (Phi) is 14.7. The van der Waals surface area contributed by atoms with Gasteiger partial charge in [0.1, 0.15) is 18.1 Å². The Labute approximate surface area is 233 Å². The van der Waals surface area contributed by atoms with Gasteiger partial charge in [-0.15, -0.1) is 0 Å². The third-order valence-corrected chi connectivity index (χ3v) is 6.30. The minimum Gasteiger partial charge on any atom is -0.480 e. The van der Waals surface area contributed by atoms with Gasteiger partial charge in [-0.25, -0.2) is 4.79 Å². The maximum atomic E-state index is 13.3. The summed E-state index contributed by atoms with van der Waals surface area (Å²) >= 11 is 0. The molecule has 0 aliphatic rings. The standard InChI is InChI=1S/C26H42N8O6/c1-3-15(2)21(25(39)40)34-24(38)19(11-12-20(28)35)33-23(37)18(10-7-13-31-26(29)30)32-22(36)17(27)14-16-8-5-4-6-9-16/h4-6,8-9,15,17-19,21H,3,7,10-14,27H2,1-2H3,(H2,28,35)(H,32,36)(H,33,37)(H,34,38)(H,39,40)(H4,29,30,31). The molecule has 1 rings (SSSR count). The van der Waals surface area contributed by atoms with Crippen LogP contribution in [0.4, 0.5) is 0 Å². The molecule has 0 spiro atoms. The van der Waals surface area contributed by atoms with Crippen molar-refractivity contribution in [1.29, 1.82) is 0 Å². The number of nitrogens with one attached hydrogen (secondary N) is 3. The van der Waals surface area contributed by atoms with E-state index in [2.05, 4.69) is 20.9 Å². The van der Waals surface area contributed by atoms with Gasteiger partial charge in [0.15, 0.2) is 5.96 Å². The topological polar surface area (TPSA) is 258 Å². The van der Waals surface area contributed by atoms with Crippen LogP contribution in [0.5, 0.6) is 0 Å². The van der Waals surface area contributed by atoms with Gasteiger partial charge in [-0.2, -0.15) is 0 Å². The molecule has 0 radical (unpaired) electrons. The lowest BCUT2D eigenvalue weighted by Crippen LogP contribution is -2.58. The van der Waals surface area contributed by atoms with Crippen molar-refractivity contribution in [3.63, 3.8) is 0 Å². The van der Waals surface area contributed by atoms with Crippen LogP contribution in [0.15, 0.2) is 35.3 Å². The van der Waals surface area contributed by atoms with Gasteiger partial charge in [0, 0.05) is 13.0 Å². The van der Waals surface area contributed by atoms with E-state index in [0.29, 0.717) is 12.8 Å². The number of carboxylic acid groups (broad SMARTS) is 1. The summed E-state index contributed by atoms with van der Waals surface area (Å²) in [6.07, 6.45) is 0.678. The van der Waals surface area contributed by atoms with Crippen LogP contribution in [-0.4, -0.2) is 71.4 Å². The number of hydrogen-bond acceptors (Lipinski definition) is 7. The molecule has 4 amide bonds. The normalized spacial score (nSPS) is 14.5. The smallest absolute Gasteiger partial charge is 0.326 e. The number of nitrogens with two attached hydrogens (primary N) is 4. The van der Waals surface area contributed by atoms with Crippen LogP contribution in [-0.2, 0) is 30.4 Å². The molecule has 14 nitrogen and oxygen atoms in total. The first kappa shape index (κ1) is 33.8. The van der Waals surface area contributed by atoms with Crippen molar-refractivity contribution in [2.24, 2.45) is 33.8 Å². The van der Waals surface area contributed by atoms with E-state index in [1.807, 2.05) is 30.3 Å². The van der Waals surface area contributed by atoms with E-state index in [1.165, 1.54) is 0 Å². The van der Waals surface area contributed by atoms with Crippen LogP contribution < -0.4 is 38.9 Å². The highest BCUT2D eigenvalue weighted by Crippen LogP contribution is 2.10. The Hall–Kier alpha value is -4.20. The molecular weight excluding hydrogens is 520 g/mol. The average molecular weight is 563 g/mol. The van der Waals surface area contributed by atoms with Crippen LogP contribution in [0.25, 0.3) is 0 Å². The van der Waals surface area contributed by atoms with E-state index in [-0.39, 0.29) is 38.2 Å². The highest BCUT2D eigenvalue weighted by molar-refractivity contribution is 5.94. The van der Waals surface area contributed by atoms with Gasteiger partial charge >= 0.3 is 5.97 Å². The van der Waals surface area contributed by atoms with Crippen molar-refractivity contribution < 1.29 is 29.1 Å². The SMILES string of the molecule is CCC(C)C(NC(=O)C(CCC(N)=O)NC(=O)C(CCCN=C(N)N)NC(=O)C(N)Cc1ccccc1)C(=O)O. The van der Waals surface area contributed by atoms with Gasteiger partial charge < -0.3 is 44.0 Å². The Bertz CT molecular complexity index is 1030. The zero-order valence-electron chi connectivity index (χ0n) is 23.0. The minimum absolute atomic E-state index is 0.0984. The summed E-state index contributed by atoms with van der Waals surface area (Å²) in [6.45, 7) is 3.62. The molecule has 0 aromatic heterocycles. The molecule has 0 heterocycles. The van der Waals surface area contributed by atoms with Crippen molar-refractivity contribution in [1.82, 2.24) is 16.0 Å². The number of amides is 4. The summed E-state index contributed by atoms with van der Waals surface area (Å²) in [7, 11) is 0. The summed E-state index contributed by atoms with van der Waals surface area (Å²) in [4.78, 5) is 66.2. The van der Waals surface area contributed by atoms with Crippen LogP contribution in [0, 0.1) is 5.92 Å². The number of carbonyl (C=O) groups excluding carboxylic acids is 4. The predicted molar refractivity (Wildman–Crippen MR) is 149 cm³/mol. The summed E-state index contributed by atoms with van der Waals surface area (Å²) in [5, 5.41) is 17.1. The summed E-state index contributed by atoms with van der Waals surface area (Å²) < 4.78 is 0. The van der Waals surface area contributed by atoms with E-state index < -0.39 is 59.7 Å². The average Bonchev–Trinajstić information content (AvgIpc) is 2.90. The lowest BCUT2D eigenvalue weighted by molar-refractivity contribution is -0.144. The van der Waals surface area contributed by atoms with Crippen LogP contribution in [0.1, 0.15) is 51.5 Å². The second-order valence-electron chi connectivity index (χ2n) is 9.58. The highest BCUT2D eigenvalue weighted by atomic mass is 16.4. The molecule has 14 heteroatoms. The molecule has 1 aromatic carbocycles. The highest BCUT2D eigenvalue weighted by Gasteiger charge is 2.32. The van der Waals surface area contributed by atoms with Gasteiger partial charge in [-0.05, 0) is 37.2 Å². The molecule has 5 atom stereocenters. The van der Waals surface area contributed by atoms with Gasteiger partial charge in [0.05, 0.1) is 6.04 Å². The van der Waals surface area contributed by atoms with E-state index in [0.717, 1.165) is 5.56 Å². The lowest BCUT2D eigenvalue weighted by atomic mass is 9.98. The van der Waals surface area contributed by atoms with E-state index in [1.54, 1.807) is 13.8 Å². The molecule has 0 aliphatic carbocycles. The van der Waals surface area contributed by atoms with Crippen molar-refractivity contribution in [3.05, 3.63) is 35.9 Å². The van der Waals surface area contributed by atoms with Crippen LogP contribution in [0.3, 0.4) is 0 Å². The van der Waals surface area contributed by atoms with Crippen molar-refractivity contribution in [2.75, 3.05) is 6.54 Å². The number of carboxylic acids is 1. The number of aliphatic carboxylic acids is 1. The molecular formula is C26H42N8O6. The fourth-order valence-corrected chi connectivity index (χ4v) is 3.78. The molecule has 0 aliphatic heterocycles. The second kappa shape index (κ2) is 17.4. The zero-order valence-corrected chi connectivity index (χ0v) is 23.0. The molecule has 0 saturated heterocycles. The number of guanidine groups is 1. The number of hydrogen-bond donors (Lipinski definition) is 8. The maximum absolute atomic E-state index is 13.3. The molecule has 5 unspecified atom stereocenters. The fraction of sp³-hybridized carbons (Fsp3) is 0.538. The Balaban J connectivity index is 3.08. The lowest BCUT2D eigenvalue weighted by Gasteiger charge is -2.26. The largest absolute Gasteiger partial charge is 0.480 e. The van der Waals surface area contributed by atoms with Crippen LogP contribution >= 0.6 is 0 Å². The fourth-order valence-electron chi connectivity index (χ4n) is 3.78. The first-order valence-electron chi connectivity index (χ1n) is 13.1. The first-order chi connectivity index (χ1) is 18.8. The zero-order chi connectivity index (χ0) is 30.2. The third-order valence-electron chi connectivity index (χ3n) is 6.30. The summed E-state index contributed by atoms with van der Waals surface area (Å²) in [6, 6.07) is 4.50. The van der Waals surface area contributed by atoms with Crippen molar-refractivity contribution in [3.8, 4) is 0 Å². The molecule has 12 N–H and O–H groups in total. The number of rotatable bonds is 18. The number of carbonyl (C=O) groups is 5. The third kappa shape index (κ3) is 12.6. The number of benzene rings is 1. The molecule has 40 heavy (non-hydrogen) atoms. The summed E-state index contributed by atoms with van der Waals surface area (Å²) in [5.41, 5.74) is 22.8. The Morgan fingerprint density at radius 1 is 0.900 bits per heavy atom. The number of nitrogens with zero attached hydrogens (tertiary/aromatic N) is 1. The first-order valence-corrected chi connectivity index (χ1v) is 13.1. The molecule has 0 saturated carbocycles. The molecule has 0 fully saturated rings. The van der Waals surface area contributed by atoms with Gasteiger partial charge in [0.25, 0.3) is 0 Å². The maximum Gasteiger partial charge on any atom is 0.326 e. The Morgan fingerprint density at radius 2 is 1.48 bits per heavy atom. The Morgan fingerprint density at radius 3 is 2.02 bits per heavy atom. The van der Waals surface area contributed by atoms with E-state index in [4.69, 9.17) is 22.9 Å². The van der Waals surface area contributed by atoms with E-state index >= 15 is 0 Å². The number of aliphatic imine (C=N–C) groups is 1. The predicted octanol–water partition coefficient (Wildman–Crippen LogP) is -1.54. The van der Waals surface area contributed by atoms with Gasteiger partial charge in [0.2, 0.25) is 23.6 Å². The number of primary amides is 1.